The Morgan fingerprint density at radius 3 is 2.71 bits per heavy atom. The molecule has 2 aromatic carbocycles. The van der Waals surface area contributed by atoms with Gasteiger partial charge >= 0.3 is 0 Å². The topological polar surface area (TPSA) is 72.8 Å². The molecule has 0 unspecified atom stereocenters. The summed E-state index contributed by atoms with van der Waals surface area (Å²) in [5, 5.41) is 4.03. The van der Waals surface area contributed by atoms with Gasteiger partial charge in [0, 0.05) is 30.6 Å². The van der Waals surface area contributed by atoms with Crippen molar-refractivity contribution in [2.75, 3.05) is 20.3 Å². The molecule has 180 valence electrons. The molecule has 34 heavy (non-hydrogen) atoms. The molecule has 0 saturated heterocycles. The van der Waals surface area contributed by atoms with E-state index in [1.54, 1.807) is 12.0 Å². The lowest BCUT2D eigenvalue weighted by Crippen LogP contribution is -2.63. The zero-order valence-electron chi connectivity index (χ0n) is 20.3. The van der Waals surface area contributed by atoms with Gasteiger partial charge < -0.3 is 24.3 Å². The fraction of sp³-hybridized carbons (Fsp3) is 0.407. The van der Waals surface area contributed by atoms with Gasteiger partial charge in [-0.25, -0.2) is 0 Å². The summed E-state index contributed by atoms with van der Waals surface area (Å²) >= 11 is 0. The van der Waals surface area contributed by atoms with Crippen molar-refractivity contribution in [1.29, 1.82) is 0 Å². The van der Waals surface area contributed by atoms with Crippen molar-refractivity contribution in [1.82, 2.24) is 14.8 Å². The van der Waals surface area contributed by atoms with Crippen LogP contribution >= 0.6 is 0 Å². The van der Waals surface area contributed by atoms with Crippen LogP contribution in [0.3, 0.4) is 0 Å². The van der Waals surface area contributed by atoms with Gasteiger partial charge in [0.05, 0.1) is 19.8 Å². The number of nitrogens with zero attached hydrogens (tertiary/aromatic N) is 2. The van der Waals surface area contributed by atoms with E-state index >= 15 is 0 Å². The van der Waals surface area contributed by atoms with Crippen LogP contribution in [0.2, 0.25) is 0 Å². The zero-order valence-corrected chi connectivity index (χ0v) is 20.3. The van der Waals surface area contributed by atoms with Crippen molar-refractivity contribution in [3.63, 3.8) is 0 Å². The van der Waals surface area contributed by atoms with Crippen molar-refractivity contribution < 1.29 is 19.1 Å². The molecule has 1 aromatic heterocycles. The number of hydrogen-bond acceptors (Lipinski definition) is 4. The molecule has 0 spiro atoms. The van der Waals surface area contributed by atoms with Crippen LogP contribution in [0.4, 0.5) is 0 Å². The number of carbonyl (C=O) groups excluding carboxylic acids is 2. The van der Waals surface area contributed by atoms with E-state index < -0.39 is 5.54 Å². The Bertz CT molecular complexity index is 1190. The number of para-hydroxylation sites is 1. The number of carbonyl (C=O) groups is 2. The maximum atomic E-state index is 13.8. The first-order valence-electron chi connectivity index (χ1n) is 11.8. The molecule has 2 heterocycles. The van der Waals surface area contributed by atoms with Crippen molar-refractivity contribution in [3.05, 3.63) is 65.9 Å². The van der Waals surface area contributed by atoms with E-state index in [1.165, 1.54) is 0 Å². The first-order valence-corrected chi connectivity index (χ1v) is 11.8. The van der Waals surface area contributed by atoms with Gasteiger partial charge in [0.15, 0.2) is 0 Å². The predicted octanol–water partition coefficient (Wildman–Crippen LogP) is 4.00. The molecule has 1 aliphatic heterocycles. The molecular formula is C27H33N3O4. The third-order valence-corrected chi connectivity index (χ3v) is 6.36. The normalized spacial score (nSPS) is 17.8. The van der Waals surface area contributed by atoms with Crippen LogP contribution in [0, 0.1) is 0 Å². The van der Waals surface area contributed by atoms with Gasteiger partial charge in [0.1, 0.15) is 17.0 Å². The lowest BCUT2D eigenvalue weighted by molar-refractivity contribution is -0.133. The van der Waals surface area contributed by atoms with Crippen LogP contribution < -0.4 is 10.1 Å². The van der Waals surface area contributed by atoms with Crippen molar-refractivity contribution in [2.45, 2.75) is 51.9 Å². The molecule has 2 amide bonds. The number of nitrogens with one attached hydrogen (secondary N) is 1. The summed E-state index contributed by atoms with van der Waals surface area (Å²) in [5.41, 5.74) is 1.39. The van der Waals surface area contributed by atoms with Gasteiger partial charge in [-0.3, -0.25) is 9.59 Å². The van der Waals surface area contributed by atoms with Gasteiger partial charge in [-0.15, -0.1) is 0 Å². The van der Waals surface area contributed by atoms with Crippen LogP contribution in [0.15, 0.2) is 54.6 Å². The van der Waals surface area contributed by atoms with Gasteiger partial charge in [-0.2, -0.15) is 0 Å². The zero-order chi connectivity index (χ0) is 24.3. The van der Waals surface area contributed by atoms with Crippen molar-refractivity contribution in [2.24, 2.45) is 0 Å². The highest BCUT2D eigenvalue weighted by molar-refractivity contribution is 6.03. The van der Waals surface area contributed by atoms with E-state index in [9.17, 15) is 9.59 Å². The first kappa shape index (κ1) is 23.8. The molecule has 4 rings (SSSR count). The number of aromatic nitrogens is 1. The number of amides is 2. The Hall–Kier alpha value is -3.32. The summed E-state index contributed by atoms with van der Waals surface area (Å²) in [5.74, 6) is 0.384. The maximum absolute atomic E-state index is 13.8. The Morgan fingerprint density at radius 1 is 1.15 bits per heavy atom. The summed E-state index contributed by atoms with van der Waals surface area (Å²) in [4.78, 5) is 29.1. The Balaban J connectivity index is 1.65. The lowest BCUT2D eigenvalue weighted by atomic mass is 9.93. The van der Waals surface area contributed by atoms with E-state index in [0.29, 0.717) is 44.1 Å². The molecule has 7 nitrogen and oxygen atoms in total. The molecule has 7 heteroatoms. The molecule has 1 atom stereocenters. The fourth-order valence-electron chi connectivity index (χ4n) is 4.49. The number of fused-ring (bicyclic) bond motifs is 3. The maximum Gasteiger partial charge on any atom is 0.271 e. The van der Waals surface area contributed by atoms with Crippen LogP contribution in [-0.4, -0.2) is 53.2 Å². The molecular weight excluding hydrogens is 430 g/mol. The molecule has 3 aromatic rings. The molecule has 0 fully saturated rings. The Morgan fingerprint density at radius 2 is 1.94 bits per heavy atom. The molecule has 0 radical (unpaired) electrons. The summed E-state index contributed by atoms with van der Waals surface area (Å²) < 4.78 is 12.9. The second-order valence-electron chi connectivity index (χ2n) is 9.22. The lowest BCUT2D eigenvalue weighted by Gasteiger charge is -2.44. The van der Waals surface area contributed by atoms with E-state index in [-0.39, 0.29) is 17.9 Å². The minimum absolute atomic E-state index is 0.156. The number of rotatable bonds is 9. The monoisotopic (exact) mass is 463 g/mol. The van der Waals surface area contributed by atoms with Gasteiger partial charge in [-0.1, -0.05) is 30.3 Å². The van der Waals surface area contributed by atoms with Crippen molar-refractivity contribution >= 4 is 22.7 Å². The van der Waals surface area contributed by atoms with Crippen LogP contribution in [-0.2, 0) is 22.6 Å². The number of benzene rings is 2. The van der Waals surface area contributed by atoms with Gasteiger partial charge in [0.25, 0.3) is 5.91 Å². The average molecular weight is 464 g/mol. The third kappa shape index (κ3) is 4.66. The Kier molecular flexibility index (Phi) is 6.93. The van der Waals surface area contributed by atoms with Crippen molar-refractivity contribution in [3.8, 4) is 5.75 Å². The Labute approximate surface area is 200 Å². The number of methoxy groups -OCH3 is 1. The highest BCUT2D eigenvalue weighted by Gasteiger charge is 2.47. The predicted molar refractivity (Wildman–Crippen MR) is 132 cm³/mol. The average Bonchev–Trinajstić information content (AvgIpc) is 3.20. The summed E-state index contributed by atoms with van der Waals surface area (Å²) in [6.07, 6.45) is 0.865. The molecule has 1 N–H and O–H groups in total. The fourth-order valence-corrected chi connectivity index (χ4v) is 4.49. The highest BCUT2D eigenvalue weighted by Crippen LogP contribution is 2.33. The first-order chi connectivity index (χ1) is 16.3. The standard InChI is InChI=1S/C27H33N3O4/c1-19(2)34-14-8-13-28-26(32)27(3)18-29-23-12-6-5-10-21(23)16-24(29)25(31)30(27)17-20-9-7-11-22(15-20)33-4/h5-7,9-12,15-16,19H,8,13-14,17-18H2,1-4H3,(H,28,32)/t27-/m1/s1. The molecule has 1 aliphatic rings. The summed E-state index contributed by atoms with van der Waals surface area (Å²) in [6.45, 7) is 7.57. The highest BCUT2D eigenvalue weighted by atomic mass is 16.5. The van der Waals surface area contributed by atoms with Gasteiger partial charge in [0.2, 0.25) is 5.91 Å². The quantitative estimate of drug-likeness (QED) is 0.487. The summed E-state index contributed by atoms with van der Waals surface area (Å²) in [6, 6.07) is 17.4. The van der Waals surface area contributed by atoms with E-state index in [2.05, 4.69) is 5.32 Å². The van der Waals surface area contributed by atoms with Crippen LogP contribution in [0.25, 0.3) is 10.9 Å². The SMILES string of the molecule is COc1cccc(CN2C(=O)c3cc4ccccc4n3C[C@]2(C)C(=O)NCCCOC(C)C)c1. The second-order valence-corrected chi connectivity index (χ2v) is 9.22. The van der Waals surface area contributed by atoms with Crippen LogP contribution in [0.1, 0.15) is 43.2 Å². The molecule has 0 aliphatic carbocycles. The van der Waals surface area contributed by atoms with E-state index in [1.807, 2.05) is 79.9 Å². The van der Waals surface area contributed by atoms with E-state index in [4.69, 9.17) is 9.47 Å². The second kappa shape index (κ2) is 9.89. The third-order valence-electron chi connectivity index (χ3n) is 6.36. The van der Waals surface area contributed by atoms with Crippen LogP contribution in [0.5, 0.6) is 5.75 Å². The molecule has 0 bridgehead atoms. The smallest absolute Gasteiger partial charge is 0.271 e. The number of ether oxygens (including phenoxy) is 2. The van der Waals surface area contributed by atoms with Gasteiger partial charge in [-0.05, 0) is 57.0 Å². The molecule has 0 saturated carbocycles. The summed E-state index contributed by atoms with van der Waals surface area (Å²) in [7, 11) is 1.62. The minimum Gasteiger partial charge on any atom is -0.497 e. The number of hydrogen-bond donors (Lipinski definition) is 1. The van der Waals surface area contributed by atoms with E-state index in [0.717, 1.165) is 16.5 Å². The largest absolute Gasteiger partial charge is 0.497 e. The minimum atomic E-state index is -1.06.